The molecular weight excluding hydrogens is 339 g/mol. The van der Waals surface area contributed by atoms with Crippen molar-refractivity contribution in [3.05, 3.63) is 52.0 Å². The van der Waals surface area contributed by atoms with E-state index in [1.165, 1.54) is 17.0 Å². The average Bonchev–Trinajstić information content (AvgIpc) is 3.06. The first-order chi connectivity index (χ1) is 12.0. The van der Waals surface area contributed by atoms with Crippen LogP contribution in [0.3, 0.4) is 0 Å². The highest BCUT2D eigenvalue weighted by Gasteiger charge is 2.32. The van der Waals surface area contributed by atoms with Crippen molar-refractivity contribution in [1.82, 2.24) is 10.2 Å². The molecule has 3 rings (SSSR count). The van der Waals surface area contributed by atoms with Crippen molar-refractivity contribution >= 4 is 17.2 Å². The zero-order valence-electron chi connectivity index (χ0n) is 14.5. The minimum atomic E-state index is -0.327. The third-order valence-electron chi connectivity index (χ3n) is 4.28. The van der Waals surface area contributed by atoms with Gasteiger partial charge in [0, 0.05) is 23.5 Å². The summed E-state index contributed by atoms with van der Waals surface area (Å²) in [5.74, 6) is 0.222. The van der Waals surface area contributed by atoms with Crippen molar-refractivity contribution < 1.29 is 13.9 Å². The first-order valence-corrected chi connectivity index (χ1v) is 9.40. The smallest absolute Gasteiger partial charge is 0.237 e. The van der Waals surface area contributed by atoms with Crippen LogP contribution in [0.1, 0.15) is 30.3 Å². The van der Waals surface area contributed by atoms with E-state index in [-0.39, 0.29) is 23.8 Å². The number of halogens is 1. The molecule has 0 spiro atoms. The molecule has 0 saturated heterocycles. The molecule has 0 saturated carbocycles. The monoisotopic (exact) mass is 362 g/mol. The van der Waals surface area contributed by atoms with Crippen LogP contribution < -0.4 is 10.1 Å². The Morgan fingerprint density at radius 3 is 3.04 bits per heavy atom. The molecule has 0 aliphatic carbocycles. The molecule has 134 valence electrons. The maximum atomic E-state index is 13.4. The summed E-state index contributed by atoms with van der Waals surface area (Å²) in [5, 5.41) is 5.24. The van der Waals surface area contributed by atoms with Gasteiger partial charge in [-0.15, -0.1) is 11.3 Å². The fourth-order valence-corrected chi connectivity index (χ4v) is 3.93. The van der Waals surface area contributed by atoms with Crippen molar-refractivity contribution in [3.63, 3.8) is 0 Å². The highest BCUT2D eigenvalue weighted by atomic mass is 32.1. The van der Waals surface area contributed by atoms with Gasteiger partial charge < -0.3 is 15.0 Å². The number of carbonyl (C=O) groups is 1. The van der Waals surface area contributed by atoms with Gasteiger partial charge >= 0.3 is 0 Å². The zero-order valence-corrected chi connectivity index (χ0v) is 15.3. The Morgan fingerprint density at radius 1 is 1.44 bits per heavy atom. The van der Waals surface area contributed by atoms with E-state index in [4.69, 9.17) is 4.74 Å². The van der Waals surface area contributed by atoms with E-state index in [1.54, 1.807) is 23.5 Å². The lowest BCUT2D eigenvalue weighted by molar-refractivity contribution is -0.134. The van der Waals surface area contributed by atoms with Crippen LogP contribution in [-0.4, -0.2) is 36.5 Å². The minimum Gasteiger partial charge on any atom is -0.491 e. The third kappa shape index (κ3) is 4.38. The van der Waals surface area contributed by atoms with Crippen LogP contribution in [0.4, 0.5) is 4.39 Å². The van der Waals surface area contributed by atoms with Crippen LogP contribution in [-0.2, 0) is 11.2 Å². The molecule has 1 aliphatic rings. The summed E-state index contributed by atoms with van der Waals surface area (Å²) < 4.78 is 19.2. The van der Waals surface area contributed by atoms with Gasteiger partial charge in [-0.05, 0) is 35.6 Å². The van der Waals surface area contributed by atoms with Gasteiger partial charge in [0.1, 0.15) is 18.2 Å². The molecule has 0 radical (unpaired) electrons. The second-order valence-electron chi connectivity index (χ2n) is 6.46. The SMILES string of the molecule is CC(C)NCC(=O)N1CCc2sccc2C1COc1cccc(F)c1. The highest BCUT2D eigenvalue weighted by Crippen LogP contribution is 2.33. The van der Waals surface area contributed by atoms with Gasteiger partial charge in [-0.1, -0.05) is 19.9 Å². The van der Waals surface area contributed by atoms with Gasteiger partial charge in [-0.25, -0.2) is 4.39 Å². The van der Waals surface area contributed by atoms with E-state index in [1.807, 2.05) is 18.7 Å². The quantitative estimate of drug-likeness (QED) is 0.856. The topological polar surface area (TPSA) is 41.6 Å². The third-order valence-corrected chi connectivity index (χ3v) is 5.28. The van der Waals surface area contributed by atoms with Crippen molar-refractivity contribution in [3.8, 4) is 5.75 Å². The first kappa shape index (κ1) is 17.9. The Labute approximate surface area is 151 Å². The molecule has 1 amide bonds. The van der Waals surface area contributed by atoms with Crippen molar-refractivity contribution in [2.75, 3.05) is 19.7 Å². The maximum absolute atomic E-state index is 13.4. The number of ether oxygens (including phenoxy) is 1. The van der Waals surface area contributed by atoms with Crippen LogP contribution in [0.5, 0.6) is 5.75 Å². The number of amides is 1. The van der Waals surface area contributed by atoms with Crippen LogP contribution in [0.15, 0.2) is 35.7 Å². The number of nitrogens with one attached hydrogen (secondary N) is 1. The molecule has 4 nitrogen and oxygen atoms in total. The number of fused-ring (bicyclic) bond motifs is 1. The summed E-state index contributed by atoms with van der Waals surface area (Å²) in [7, 11) is 0. The van der Waals surface area contributed by atoms with Gasteiger partial charge in [-0.3, -0.25) is 4.79 Å². The Kier molecular flexibility index (Phi) is 5.71. The number of carbonyl (C=O) groups excluding carboxylic acids is 1. The summed E-state index contributed by atoms with van der Waals surface area (Å²) in [6, 6.07) is 8.28. The second kappa shape index (κ2) is 7.97. The zero-order chi connectivity index (χ0) is 17.8. The standard InChI is InChI=1S/C19H23FN2O2S/c1-13(2)21-11-19(23)22-8-6-18-16(7-9-25-18)17(22)12-24-15-5-3-4-14(20)10-15/h3-5,7,9-10,13,17,21H,6,8,11-12H2,1-2H3. The maximum Gasteiger partial charge on any atom is 0.237 e. The largest absolute Gasteiger partial charge is 0.491 e. The molecular formula is C19H23FN2O2S. The molecule has 1 unspecified atom stereocenters. The van der Waals surface area contributed by atoms with Crippen LogP contribution in [0.2, 0.25) is 0 Å². The predicted octanol–water partition coefficient (Wildman–Crippen LogP) is 3.39. The molecule has 0 fully saturated rings. The van der Waals surface area contributed by atoms with E-state index in [9.17, 15) is 9.18 Å². The molecule has 1 aliphatic heterocycles. The van der Waals surface area contributed by atoms with E-state index < -0.39 is 0 Å². The Hall–Kier alpha value is -1.92. The van der Waals surface area contributed by atoms with Crippen molar-refractivity contribution in [1.29, 1.82) is 0 Å². The number of nitrogens with zero attached hydrogens (tertiary/aromatic N) is 1. The van der Waals surface area contributed by atoms with E-state index in [0.29, 0.717) is 25.4 Å². The second-order valence-corrected chi connectivity index (χ2v) is 7.46. The Bertz CT molecular complexity index is 732. The van der Waals surface area contributed by atoms with Gasteiger partial charge in [0.2, 0.25) is 5.91 Å². The first-order valence-electron chi connectivity index (χ1n) is 8.52. The molecule has 2 aromatic rings. The Balaban J connectivity index is 1.74. The normalized spacial score (nSPS) is 16.8. The molecule has 6 heteroatoms. The summed E-state index contributed by atoms with van der Waals surface area (Å²) in [6.45, 7) is 5.35. The number of hydrogen-bond donors (Lipinski definition) is 1. The summed E-state index contributed by atoms with van der Waals surface area (Å²) in [6.07, 6.45) is 0.872. The molecule has 0 bridgehead atoms. The fraction of sp³-hybridized carbons (Fsp3) is 0.421. The van der Waals surface area contributed by atoms with Crippen LogP contribution in [0, 0.1) is 5.82 Å². The lowest BCUT2D eigenvalue weighted by Crippen LogP contribution is -2.46. The van der Waals surface area contributed by atoms with Crippen LogP contribution >= 0.6 is 11.3 Å². The van der Waals surface area contributed by atoms with Crippen LogP contribution in [0.25, 0.3) is 0 Å². The van der Waals surface area contributed by atoms with Crippen molar-refractivity contribution in [2.24, 2.45) is 0 Å². The lowest BCUT2D eigenvalue weighted by Gasteiger charge is -2.36. The lowest BCUT2D eigenvalue weighted by atomic mass is 10.0. The van der Waals surface area contributed by atoms with E-state index in [0.717, 1.165) is 12.0 Å². The molecule has 1 aromatic heterocycles. The number of hydrogen-bond acceptors (Lipinski definition) is 4. The van der Waals surface area contributed by atoms with Gasteiger partial charge in [0.25, 0.3) is 0 Å². The highest BCUT2D eigenvalue weighted by molar-refractivity contribution is 7.10. The summed E-state index contributed by atoms with van der Waals surface area (Å²) in [4.78, 5) is 15.8. The molecule has 1 N–H and O–H groups in total. The Morgan fingerprint density at radius 2 is 2.28 bits per heavy atom. The number of benzene rings is 1. The fourth-order valence-electron chi connectivity index (χ4n) is 3.00. The number of thiophene rings is 1. The molecule has 25 heavy (non-hydrogen) atoms. The van der Waals surface area contributed by atoms with Gasteiger partial charge in [0.15, 0.2) is 0 Å². The van der Waals surface area contributed by atoms with Gasteiger partial charge in [-0.2, -0.15) is 0 Å². The summed E-state index contributed by atoms with van der Waals surface area (Å²) in [5.41, 5.74) is 1.14. The van der Waals surface area contributed by atoms with E-state index in [2.05, 4.69) is 16.8 Å². The summed E-state index contributed by atoms with van der Waals surface area (Å²) >= 11 is 1.72. The van der Waals surface area contributed by atoms with Gasteiger partial charge in [0.05, 0.1) is 12.6 Å². The van der Waals surface area contributed by atoms with Crippen molar-refractivity contribution in [2.45, 2.75) is 32.4 Å². The van der Waals surface area contributed by atoms with E-state index >= 15 is 0 Å². The average molecular weight is 362 g/mol. The molecule has 1 atom stereocenters. The molecule has 1 aromatic carbocycles. The molecule has 2 heterocycles. The minimum absolute atomic E-state index is 0.0680. The number of rotatable bonds is 6. The predicted molar refractivity (Wildman–Crippen MR) is 97.5 cm³/mol.